The summed E-state index contributed by atoms with van der Waals surface area (Å²) in [7, 11) is 1.88. The standard InChI is InChI=1S/C15H20FN3/c1-4-9-17-15(12-7-5-6-8-14(12)16)13-10-19(3)18-11(13)2/h5-8,10,15,17H,4,9H2,1-3H3. The number of aryl methyl sites for hydroxylation is 2. The number of hydrogen-bond acceptors (Lipinski definition) is 2. The second-order valence-corrected chi connectivity index (χ2v) is 4.75. The zero-order valence-electron chi connectivity index (χ0n) is 11.7. The van der Waals surface area contributed by atoms with Gasteiger partial charge in [-0.3, -0.25) is 4.68 Å². The smallest absolute Gasteiger partial charge is 0.128 e. The molecule has 0 radical (unpaired) electrons. The topological polar surface area (TPSA) is 29.9 Å². The van der Waals surface area contributed by atoms with Crippen molar-refractivity contribution in [2.24, 2.45) is 7.05 Å². The average Bonchev–Trinajstić information content (AvgIpc) is 2.71. The molecule has 0 fully saturated rings. The van der Waals surface area contributed by atoms with Crippen molar-refractivity contribution in [1.82, 2.24) is 15.1 Å². The Labute approximate surface area is 113 Å². The molecule has 0 aliphatic rings. The van der Waals surface area contributed by atoms with Crippen LogP contribution in [0.4, 0.5) is 4.39 Å². The van der Waals surface area contributed by atoms with Crippen LogP contribution in [0.5, 0.6) is 0 Å². The van der Waals surface area contributed by atoms with Crippen molar-refractivity contribution in [3.63, 3.8) is 0 Å². The van der Waals surface area contributed by atoms with E-state index in [4.69, 9.17) is 0 Å². The van der Waals surface area contributed by atoms with Gasteiger partial charge in [-0.2, -0.15) is 5.10 Å². The van der Waals surface area contributed by atoms with Crippen LogP contribution in [0.1, 0.15) is 36.2 Å². The second-order valence-electron chi connectivity index (χ2n) is 4.75. The Morgan fingerprint density at radius 1 is 1.32 bits per heavy atom. The van der Waals surface area contributed by atoms with E-state index in [0.29, 0.717) is 5.56 Å². The van der Waals surface area contributed by atoms with Crippen molar-refractivity contribution in [2.75, 3.05) is 6.54 Å². The number of hydrogen-bond donors (Lipinski definition) is 1. The monoisotopic (exact) mass is 261 g/mol. The molecule has 1 N–H and O–H groups in total. The van der Waals surface area contributed by atoms with E-state index in [2.05, 4.69) is 17.3 Å². The van der Waals surface area contributed by atoms with Gasteiger partial charge in [-0.15, -0.1) is 0 Å². The van der Waals surface area contributed by atoms with Gasteiger partial charge in [0.1, 0.15) is 5.82 Å². The predicted molar refractivity (Wildman–Crippen MR) is 74.5 cm³/mol. The maximum absolute atomic E-state index is 14.0. The highest BCUT2D eigenvalue weighted by Gasteiger charge is 2.20. The van der Waals surface area contributed by atoms with Gasteiger partial charge in [0.2, 0.25) is 0 Å². The van der Waals surface area contributed by atoms with E-state index >= 15 is 0 Å². The molecule has 2 aromatic rings. The maximum atomic E-state index is 14.0. The zero-order chi connectivity index (χ0) is 13.8. The van der Waals surface area contributed by atoms with E-state index in [9.17, 15) is 4.39 Å². The van der Waals surface area contributed by atoms with Gasteiger partial charge < -0.3 is 5.32 Å². The van der Waals surface area contributed by atoms with Gasteiger partial charge in [0.15, 0.2) is 0 Å². The van der Waals surface area contributed by atoms with Gasteiger partial charge in [-0.1, -0.05) is 25.1 Å². The molecule has 1 aromatic carbocycles. The van der Waals surface area contributed by atoms with Crippen LogP contribution in [0.25, 0.3) is 0 Å². The minimum Gasteiger partial charge on any atom is -0.306 e. The third-order valence-corrected chi connectivity index (χ3v) is 3.18. The third kappa shape index (κ3) is 3.01. The lowest BCUT2D eigenvalue weighted by Crippen LogP contribution is -2.24. The number of benzene rings is 1. The quantitative estimate of drug-likeness (QED) is 0.896. The number of rotatable bonds is 5. The molecule has 1 aromatic heterocycles. The third-order valence-electron chi connectivity index (χ3n) is 3.18. The molecule has 4 heteroatoms. The summed E-state index contributed by atoms with van der Waals surface area (Å²) >= 11 is 0. The van der Waals surface area contributed by atoms with E-state index < -0.39 is 0 Å². The fourth-order valence-corrected chi connectivity index (χ4v) is 2.29. The first kappa shape index (κ1) is 13.7. The molecular weight excluding hydrogens is 241 g/mol. The van der Waals surface area contributed by atoms with E-state index in [1.807, 2.05) is 32.3 Å². The number of nitrogens with zero attached hydrogens (tertiary/aromatic N) is 2. The Morgan fingerprint density at radius 2 is 2.05 bits per heavy atom. The van der Waals surface area contributed by atoms with Gasteiger partial charge in [0, 0.05) is 24.4 Å². The van der Waals surface area contributed by atoms with Crippen LogP contribution in [0.3, 0.4) is 0 Å². The molecular formula is C15H20FN3. The van der Waals surface area contributed by atoms with E-state index in [1.165, 1.54) is 6.07 Å². The van der Waals surface area contributed by atoms with Crippen LogP contribution in [-0.2, 0) is 7.05 Å². The summed E-state index contributed by atoms with van der Waals surface area (Å²) in [6, 6.07) is 6.77. The Balaban J connectivity index is 2.41. The molecule has 19 heavy (non-hydrogen) atoms. The van der Waals surface area contributed by atoms with Crippen LogP contribution in [-0.4, -0.2) is 16.3 Å². The lowest BCUT2D eigenvalue weighted by molar-refractivity contribution is 0.545. The van der Waals surface area contributed by atoms with Crippen LogP contribution in [0, 0.1) is 12.7 Å². The zero-order valence-corrected chi connectivity index (χ0v) is 11.7. The van der Waals surface area contributed by atoms with Crippen molar-refractivity contribution in [3.8, 4) is 0 Å². The van der Waals surface area contributed by atoms with Gasteiger partial charge in [0.25, 0.3) is 0 Å². The van der Waals surface area contributed by atoms with E-state index in [0.717, 1.165) is 24.2 Å². The van der Waals surface area contributed by atoms with Gasteiger partial charge >= 0.3 is 0 Å². The molecule has 1 atom stereocenters. The Bertz CT molecular complexity index is 548. The van der Waals surface area contributed by atoms with Crippen LogP contribution >= 0.6 is 0 Å². The van der Waals surface area contributed by atoms with Crippen LogP contribution < -0.4 is 5.32 Å². The molecule has 1 heterocycles. The minimum absolute atomic E-state index is 0.144. The predicted octanol–water partition coefficient (Wildman–Crippen LogP) is 2.96. The molecule has 102 valence electrons. The Kier molecular flexibility index (Phi) is 4.32. The maximum Gasteiger partial charge on any atom is 0.128 e. The van der Waals surface area contributed by atoms with Gasteiger partial charge in [-0.05, 0) is 26.0 Å². The lowest BCUT2D eigenvalue weighted by Gasteiger charge is -2.19. The first-order valence-electron chi connectivity index (χ1n) is 6.61. The first-order valence-corrected chi connectivity index (χ1v) is 6.61. The molecule has 0 amide bonds. The highest BCUT2D eigenvalue weighted by atomic mass is 19.1. The van der Waals surface area contributed by atoms with Gasteiger partial charge in [-0.25, -0.2) is 4.39 Å². The molecule has 0 aliphatic heterocycles. The number of aromatic nitrogens is 2. The number of halogens is 1. The summed E-state index contributed by atoms with van der Waals surface area (Å²) in [6.45, 7) is 4.89. The Hall–Kier alpha value is -1.68. The summed E-state index contributed by atoms with van der Waals surface area (Å²) in [5, 5.41) is 7.75. The molecule has 0 spiro atoms. The van der Waals surface area contributed by atoms with Gasteiger partial charge in [0.05, 0.1) is 11.7 Å². The fourth-order valence-electron chi connectivity index (χ4n) is 2.29. The number of nitrogens with one attached hydrogen (secondary N) is 1. The molecule has 0 saturated heterocycles. The van der Waals surface area contributed by atoms with Crippen LogP contribution in [0.2, 0.25) is 0 Å². The highest BCUT2D eigenvalue weighted by Crippen LogP contribution is 2.26. The fraction of sp³-hybridized carbons (Fsp3) is 0.400. The largest absolute Gasteiger partial charge is 0.306 e. The minimum atomic E-state index is -0.181. The van der Waals surface area contributed by atoms with E-state index in [-0.39, 0.29) is 11.9 Å². The summed E-state index contributed by atoms with van der Waals surface area (Å²) < 4.78 is 15.8. The van der Waals surface area contributed by atoms with Crippen molar-refractivity contribution >= 4 is 0 Å². The second kappa shape index (κ2) is 5.97. The highest BCUT2D eigenvalue weighted by molar-refractivity contribution is 5.33. The lowest BCUT2D eigenvalue weighted by atomic mass is 9.98. The van der Waals surface area contributed by atoms with Crippen molar-refractivity contribution in [1.29, 1.82) is 0 Å². The molecule has 1 unspecified atom stereocenters. The van der Waals surface area contributed by atoms with Crippen molar-refractivity contribution < 1.29 is 4.39 Å². The van der Waals surface area contributed by atoms with Crippen molar-refractivity contribution in [3.05, 3.63) is 53.1 Å². The molecule has 2 rings (SSSR count). The SMILES string of the molecule is CCCNC(c1ccccc1F)c1cn(C)nc1C. The summed E-state index contributed by atoms with van der Waals surface area (Å²) in [6.07, 6.45) is 2.96. The molecule has 0 bridgehead atoms. The summed E-state index contributed by atoms with van der Waals surface area (Å²) in [5.74, 6) is -0.181. The Morgan fingerprint density at radius 3 is 2.63 bits per heavy atom. The molecule has 0 saturated carbocycles. The van der Waals surface area contributed by atoms with Crippen molar-refractivity contribution in [2.45, 2.75) is 26.3 Å². The molecule has 3 nitrogen and oxygen atoms in total. The normalized spacial score (nSPS) is 12.6. The summed E-state index contributed by atoms with van der Waals surface area (Å²) in [4.78, 5) is 0. The van der Waals surface area contributed by atoms with Crippen LogP contribution in [0.15, 0.2) is 30.5 Å². The summed E-state index contributed by atoms with van der Waals surface area (Å²) in [5.41, 5.74) is 2.63. The van der Waals surface area contributed by atoms with E-state index in [1.54, 1.807) is 10.7 Å². The molecule has 0 aliphatic carbocycles. The first-order chi connectivity index (χ1) is 9.13. The average molecular weight is 261 g/mol.